The topological polar surface area (TPSA) is 47.6 Å². The van der Waals surface area contributed by atoms with E-state index in [1.165, 1.54) is 16.3 Å². The molecule has 1 N–H and O–H groups in total. The zero-order chi connectivity index (χ0) is 18.6. The third-order valence-corrected chi connectivity index (χ3v) is 4.95. The van der Waals surface area contributed by atoms with E-state index < -0.39 is 0 Å². The van der Waals surface area contributed by atoms with Crippen molar-refractivity contribution in [1.82, 2.24) is 5.32 Å². The third kappa shape index (κ3) is 3.90. The number of carbonyl (C=O) groups is 1. The van der Waals surface area contributed by atoms with Gasteiger partial charge >= 0.3 is 0 Å². The van der Waals surface area contributed by atoms with Gasteiger partial charge in [0.1, 0.15) is 13.2 Å². The highest BCUT2D eigenvalue weighted by molar-refractivity contribution is 5.86. The number of ether oxygens (including phenoxy) is 2. The van der Waals surface area contributed by atoms with Gasteiger partial charge in [-0.3, -0.25) is 4.79 Å². The van der Waals surface area contributed by atoms with Crippen LogP contribution in [0.15, 0.2) is 60.7 Å². The summed E-state index contributed by atoms with van der Waals surface area (Å²) in [5, 5.41) is 5.51. The summed E-state index contributed by atoms with van der Waals surface area (Å²) in [6, 6.07) is 20.3. The van der Waals surface area contributed by atoms with E-state index in [0.29, 0.717) is 19.6 Å². The fraction of sp³-hybridized carbons (Fsp3) is 0.261. The van der Waals surface area contributed by atoms with Crippen molar-refractivity contribution in [2.45, 2.75) is 25.8 Å². The number of hydrogen-bond acceptors (Lipinski definition) is 3. The molecule has 0 unspecified atom stereocenters. The van der Waals surface area contributed by atoms with Crippen LogP contribution >= 0.6 is 0 Å². The van der Waals surface area contributed by atoms with Gasteiger partial charge in [-0.1, -0.05) is 48.5 Å². The molecule has 0 radical (unpaired) electrons. The third-order valence-electron chi connectivity index (χ3n) is 4.95. The first-order chi connectivity index (χ1) is 13.2. The molecule has 0 saturated heterocycles. The second kappa shape index (κ2) is 7.70. The number of hydrogen-bond donors (Lipinski definition) is 1. The molecule has 0 fully saturated rings. The number of amides is 1. The molecular formula is C23H23NO3. The number of nitrogens with one attached hydrogen (secondary N) is 1. The molecule has 3 aromatic carbocycles. The number of fused-ring (bicyclic) bond motifs is 2. The summed E-state index contributed by atoms with van der Waals surface area (Å²) >= 11 is 0. The Bertz CT molecular complexity index is 961. The minimum atomic E-state index is -0.0826. The van der Waals surface area contributed by atoms with Gasteiger partial charge in [0.2, 0.25) is 5.91 Å². The lowest BCUT2D eigenvalue weighted by Crippen LogP contribution is -2.27. The Balaban J connectivity index is 1.39. The summed E-state index contributed by atoms with van der Waals surface area (Å²) in [7, 11) is 0. The lowest BCUT2D eigenvalue weighted by molar-refractivity contribution is -0.121. The number of aryl methyl sites for hydroxylation is 1. The van der Waals surface area contributed by atoms with Crippen LogP contribution in [-0.4, -0.2) is 19.1 Å². The van der Waals surface area contributed by atoms with Crippen LogP contribution in [-0.2, 0) is 11.2 Å². The van der Waals surface area contributed by atoms with Gasteiger partial charge in [-0.05, 0) is 47.4 Å². The highest BCUT2D eigenvalue weighted by atomic mass is 16.6. The van der Waals surface area contributed by atoms with Gasteiger partial charge in [0.05, 0.1) is 6.04 Å². The van der Waals surface area contributed by atoms with E-state index in [2.05, 4.69) is 29.6 Å². The van der Waals surface area contributed by atoms with Gasteiger partial charge in [-0.25, -0.2) is 0 Å². The molecule has 1 atom stereocenters. The van der Waals surface area contributed by atoms with Crippen molar-refractivity contribution >= 4 is 16.7 Å². The highest BCUT2D eigenvalue weighted by Gasteiger charge is 2.16. The predicted molar refractivity (Wildman–Crippen MR) is 106 cm³/mol. The highest BCUT2D eigenvalue weighted by Crippen LogP contribution is 2.32. The van der Waals surface area contributed by atoms with Crippen LogP contribution in [0.5, 0.6) is 11.5 Å². The summed E-state index contributed by atoms with van der Waals surface area (Å²) in [4.78, 5) is 12.5. The molecule has 4 heteroatoms. The SMILES string of the molecule is C[C@@H](NC(=O)CCc1cccc2ccccc12)c1ccc2c(c1)OCCO2. The van der Waals surface area contributed by atoms with Crippen molar-refractivity contribution in [2.24, 2.45) is 0 Å². The van der Waals surface area contributed by atoms with Gasteiger partial charge in [0.15, 0.2) is 11.5 Å². The Morgan fingerprint density at radius 2 is 1.78 bits per heavy atom. The van der Waals surface area contributed by atoms with Crippen LogP contribution in [0.4, 0.5) is 0 Å². The number of benzene rings is 3. The fourth-order valence-corrected chi connectivity index (χ4v) is 3.48. The minimum absolute atomic E-state index is 0.0466. The first-order valence-electron chi connectivity index (χ1n) is 9.36. The molecule has 1 amide bonds. The summed E-state index contributed by atoms with van der Waals surface area (Å²) in [5.41, 5.74) is 2.22. The summed E-state index contributed by atoms with van der Waals surface area (Å²) in [6.07, 6.45) is 1.18. The Morgan fingerprint density at radius 1 is 1.00 bits per heavy atom. The Morgan fingerprint density at radius 3 is 2.67 bits per heavy atom. The Labute approximate surface area is 159 Å². The van der Waals surface area contributed by atoms with Crippen molar-refractivity contribution in [3.63, 3.8) is 0 Å². The van der Waals surface area contributed by atoms with Gasteiger partial charge < -0.3 is 14.8 Å². The maximum atomic E-state index is 12.5. The lowest BCUT2D eigenvalue weighted by Gasteiger charge is -2.21. The molecule has 1 heterocycles. The van der Waals surface area contributed by atoms with Crippen molar-refractivity contribution in [1.29, 1.82) is 0 Å². The van der Waals surface area contributed by atoms with Gasteiger partial charge in [0.25, 0.3) is 0 Å². The zero-order valence-electron chi connectivity index (χ0n) is 15.4. The Kier molecular flexibility index (Phi) is 4.97. The first kappa shape index (κ1) is 17.4. The normalized spacial score (nSPS) is 14.0. The number of carbonyl (C=O) groups excluding carboxylic acids is 1. The van der Waals surface area contributed by atoms with Gasteiger partial charge in [-0.2, -0.15) is 0 Å². The van der Waals surface area contributed by atoms with Crippen molar-refractivity contribution in [2.75, 3.05) is 13.2 Å². The van der Waals surface area contributed by atoms with E-state index in [0.717, 1.165) is 23.5 Å². The molecule has 1 aliphatic rings. The molecule has 4 nitrogen and oxygen atoms in total. The van der Waals surface area contributed by atoms with Crippen molar-refractivity contribution < 1.29 is 14.3 Å². The van der Waals surface area contributed by atoms with E-state index in [-0.39, 0.29) is 11.9 Å². The minimum Gasteiger partial charge on any atom is -0.486 e. The van der Waals surface area contributed by atoms with E-state index in [4.69, 9.17) is 9.47 Å². The van der Waals surface area contributed by atoms with Crippen LogP contribution in [0.3, 0.4) is 0 Å². The smallest absolute Gasteiger partial charge is 0.220 e. The van der Waals surface area contributed by atoms with Crippen LogP contribution in [0, 0.1) is 0 Å². The second-order valence-electron chi connectivity index (χ2n) is 6.83. The van der Waals surface area contributed by atoms with Crippen molar-refractivity contribution in [3.05, 3.63) is 71.8 Å². The molecule has 4 rings (SSSR count). The van der Waals surface area contributed by atoms with Crippen LogP contribution in [0.2, 0.25) is 0 Å². The number of rotatable bonds is 5. The van der Waals surface area contributed by atoms with E-state index in [9.17, 15) is 4.79 Å². The molecule has 0 aromatic heterocycles. The molecule has 0 bridgehead atoms. The van der Waals surface area contributed by atoms with Crippen LogP contribution in [0.1, 0.15) is 30.5 Å². The fourth-order valence-electron chi connectivity index (χ4n) is 3.48. The quantitative estimate of drug-likeness (QED) is 0.732. The predicted octanol–water partition coefficient (Wildman–Crippen LogP) is 4.42. The first-order valence-corrected chi connectivity index (χ1v) is 9.36. The molecule has 27 heavy (non-hydrogen) atoms. The Hall–Kier alpha value is -3.01. The van der Waals surface area contributed by atoms with Crippen LogP contribution in [0.25, 0.3) is 10.8 Å². The van der Waals surface area contributed by atoms with Crippen LogP contribution < -0.4 is 14.8 Å². The summed E-state index contributed by atoms with van der Waals surface area (Å²) < 4.78 is 11.2. The molecule has 0 aliphatic carbocycles. The van der Waals surface area contributed by atoms with Gasteiger partial charge in [-0.15, -0.1) is 0 Å². The molecule has 0 spiro atoms. The average molecular weight is 361 g/mol. The van der Waals surface area contributed by atoms with E-state index >= 15 is 0 Å². The zero-order valence-corrected chi connectivity index (χ0v) is 15.4. The summed E-state index contributed by atoms with van der Waals surface area (Å²) in [5.74, 6) is 1.56. The largest absolute Gasteiger partial charge is 0.486 e. The molecule has 138 valence electrons. The molecule has 1 aliphatic heterocycles. The second-order valence-corrected chi connectivity index (χ2v) is 6.83. The average Bonchev–Trinajstić information content (AvgIpc) is 2.71. The maximum absolute atomic E-state index is 12.5. The summed E-state index contributed by atoms with van der Waals surface area (Å²) in [6.45, 7) is 3.12. The molecular weight excluding hydrogens is 338 g/mol. The van der Waals surface area contributed by atoms with Crippen molar-refractivity contribution in [3.8, 4) is 11.5 Å². The lowest BCUT2D eigenvalue weighted by atomic mass is 10.0. The molecule has 3 aromatic rings. The molecule has 0 saturated carbocycles. The van der Waals surface area contributed by atoms with E-state index in [1.807, 2.05) is 43.3 Å². The monoisotopic (exact) mass is 361 g/mol. The standard InChI is InChI=1S/C23H23NO3/c1-16(19-9-11-21-22(15-19)27-14-13-26-21)24-23(25)12-10-18-7-4-6-17-5-2-3-8-20(17)18/h2-9,11,15-16H,10,12-14H2,1H3,(H,24,25)/t16-/m1/s1. The maximum Gasteiger partial charge on any atom is 0.220 e. The van der Waals surface area contributed by atoms with E-state index in [1.54, 1.807) is 0 Å². The van der Waals surface area contributed by atoms with Gasteiger partial charge in [0, 0.05) is 6.42 Å².